The molecule has 0 saturated heterocycles. The van der Waals surface area contributed by atoms with Crippen LogP contribution in [0.25, 0.3) is 10.6 Å². The zero-order valence-electron chi connectivity index (χ0n) is 12.0. The molecule has 2 aromatic rings. The zero-order chi connectivity index (χ0) is 14.4. The van der Waals surface area contributed by atoms with Crippen molar-refractivity contribution in [1.82, 2.24) is 10.3 Å². The Bertz CT molecular complexity index is 560. The number of carbonyl (C=O) groups is 1. The molecule has 0 atom stereocenters. The maximum atomic E-state index is 11.6. The molecule has 1 heterocycles. The predicted molar refractivity (Wildman–Crippen MR) is 83.9 cm³/mol. The summed E-state index contributed by atoms with van der Waals surface area (Å²) in [4.78, 5) is 16.2. The van der Waals surface area contributed by atoms with E-state index < -0.39 is 0 Å². The average Bonchev–Trinajstić information content (AvgIpc) is 2.92. The molecule has 0 aliphatic carbocycles. The highest BCUT2D eigenvalue weighted by molar-refractivity contribution is 7.13. The lowest BCUT2D eigenvalue weighted by molar-refractivity contribution is -0.121. The molecule has 0 fully saturated rings. The van der Waals surface area contributed by atoms with E-state index in [1.807, 2.05) is 5.38 Å². The third-order valence-corrected chi connectivity index (χ3v) is 3.97. The average molecular weight is 288 g/mol. The highest BCUT2D eigenvalue weighted by Gasteiger charge is 2.07. The molecule has 1 aromatic heterocycles. The number of carbonyl (C=O) groups excluding carboxylic acids is 1. The van der Waals surface area contributed by atoms with Gasteiger partial charge >= 0.3 is 0 Å². The Labute approximate surface area is 124 Å². The Morgan fingerprint density at radius 1 is 1.30 bits per heavy atom. The second-order valence-corrected chi connectivity index (χ2v) is 5.72. The predicted octanol–water partition coefficient (Wildman–Crippen LogP) is 3.58. The van der Waals surface area contributed by atoms with Crippen molar-refractivity contribution in [2.75, 3.05) is 6.54 Å². The van der Waals surface area contributed by atoms with Crippen molar-refractivity contribution < 1.29 is 4.79 Å². The number of benzene rings is 1. The number of nitrogens with one attached hydrogen (secondary N) is 1. The minimum Gasteiger partial charge on any atom is -0.356 e. The van der Waals surface area contributed by atoms with Crippen LogP contribution in [0.4, 0.5) is 0 Å². The molecule has 0 spiro atoms. The fourth-order valence-corrected chi connectivity index (χ4v) is 2.71. The van der Waals surface area contributed by atoms with Gasteiger partial charge in [-0.3, -0.25) is 4.79 Å². The van der Waals surface area contributed by atoms with Crippen molar-refractivity contribution in [3.05, 3.63) is 40.9 Å². The lowest BCUT2D eigenvalue weighted by atomic mass is 10.1. The van der Waals surface area contributed by atoms with Crippen LogP contribution < -0.4 is 5.32 Å². The van der Waals surface area contributed by atoms with Crippen molar-refractivity contribution in [3.8, 4) is 10.6 Å². The van der Waals surface area contributed by atoms with Crippen LogP contribution in [0.1, 0.15) is 31.0 Å². The summed E-state index contributed by atoms with van der Waals surface area (Å²) in [5.41, 5.74) is 3.39. The van der Waals surface area contributed by atoms with Gasteiger partial charge in [0.2, 0.25) is 5.91 Å². The van der Waals surface area contributed by atoms with E-state index in [0.717, 1.165) is 29.2 Å². The maximum Gasteiger partial charge on any atom is 0.220 e. The van der Waals surface area contributed by atoms with Crippen LogP contribution in [-0.2, 0) is 11.2 Å². The summed E-state index contributed by atoms with van der Waals surface area (Å²) in [7, 11) is 0. The molecule has 0 aliphatic heterocycles. The van der Waals surface area contributed by atoms with E-state index in [2.05, 4.69) is 48.4 Å². The molecule has 1 amide bonds. The molecule has 0 unspecified atom stereocenters. The first-order valence-electron chi connectivity index (χ1n) is 6.97. The fourth-order valence-electron chi connectivity index (χ4n) is 1.84. The number of aryl methyl sites for hydroxylation is 2. The normalized spacial score (nSPS) is 10.5. The summed E-state index contributed by atoms with van der Waals surface area (Å²) >= 11 is 1.64. The van der Waals surface area contributed by atoms with Crippen LogP contribution >= 0.6 is 11.3 Å². The molecule has 1 N–H and O–H groups in total. The van der Waals surface area contributed by atoms with Crippen LogP contribution in [0.5, 0.6) is 0 Å². The topological polar surface area (TPSA) is 42.0 Å². The smallest absolute Gasteiger partial charge is 0.220 e. The molecule has 3 nitrogen and oxygen atoms in total. The summed E-state index contributed by atoms with van der Waals surface area (Å²) in [6.07, 6.45) is 2.19. The number of amides is 1. The molecule has 0 radical (unpaired) electrons. The lowest BCUT2D eigenvalue weighted by Crippen LogP contribution is -2.24. The molecule has 0 aliphatic rings. The largest absolute Gasteiger partial charge is 0.356 e. The second kappa shape index (κ2) is 7.20. The highest BCUT2D eigenvalue weighted by Crippen LogP contribution is 2.24. The third kappa shape index (κ3) is 4.17. The van der Waals surface area contributed by atoms with E-state index in [4.69, 9.17) is 0 Å². The van der Waals surface area contributed by atoms with Gasteiger partial charge in [-0.15, -0.1) is 11.3 Å². The van der Waals surface area contributed by atoms with E-state index in [1.165, 1.54) is 5.56 Å². The van der Waals surface area contributed by atoms with E-state index in [-0.39, 0.29) is 5.91 Å². The van der Waals surface area contributed by atoms with Gasteiger partial charge in [-0.2, -0.15) is 0 Å². The standard InChI is InChI=1S/C16H20N2OS/c1-3-10-17-15(19)9-8-14-11-20-16(18-14)13-6-4-12(2)5-7-13/h4-7,11H,3,8-10H2,1-2H3,(H,17,19). The maximum absolute atomic E-state index is 11.6. The molecule has 0 saturated carbocycles. The van der Waals surface area contributed by atoms with Crippen LogP contribution in [0.2, 0.25) is 0 Å². The number of aromatic nitrogens is 1. The fraction of sp³-hybridized carbons (Fsp3) is 0.375. The van der Waals surface area contributed by atoms with E-state index in [0.29, 0.717) is 12.8 Å². The van der Waals surface area contributed by atoms with E-state index >= 15 is 0 Å². The monoisotopic (exact) mass is 288 g/mol. The van der Waals surface area contributed by atoms with Gasteiger partial charge in [0.25, 0.3) is 0 Å². The summed E-state index contributed by atoms with van der Waals surface area (Å²) < 4.78 is 0. The number of nitrogens with zero attached hydrogens (tertiary/aromatic N) is 1. The van der Waals surface area contributed by atoms with Gasteiger partial charge in [-0.05, 0) is 19.8 Å². The van der Waals surface area contributed by atoms with Crippen molar-refractivity contribution >= 4 is 17.2 Å². The Kier molecular flexibility index (Phi) is 5.30. The third-order valence-electron chi connectivity index (χ3n) is 3.03. The minimum atomic E-state index is 0.108. The van der Waals surface area contributed by atoms with Gasteiger partial charge in [-0.1, -0.05) is 36.8 Å². The first-order chi connectivity index (χ1) is 9.69. The summed E-state index contributed by atoms with van der Waals surface area (Å²) in [6.45, 7) is 4.88. The molecular formula is C16H20N2OS. The number of rotatable bonds is 6. The van der Waals surface area contributed by atoms with Gasteiger partial charge < -0.3 is 5.32 Å². The van der Waals surface area contributed by atoms with Crippen molar-refractivity contribution in [3.63, 3.8) is 0 Å². The Hall–Kier alpha value is -1.68. The Balaban J connectivity index is 1.92. The summed E-state index contributed by atoms with van der Waals surface area (Å²) in [5, 5.41) is 5.95. The van der Waals surface area contributed by atoms with E-state index in [9.17, 15) is 4.79 Å². The van der Waals surface area contributed by atoms with Gasteiger partial charge in [-0.25, -0.2) is 4.98 Å². The highest BCUT2D eigenvalue weighted by atomic mass is 32.1. The molecule has 1 aromatic carbocycles. The molecule has 0 bridgehead atoms. The van der Waals surface area contributed by atoms with Crippen LogP contribution in [0, 0.1) is 6.92 Å². The van der Waals surface area contributed by atoms with Gasteiger partial charge in [0, 0.05) is 23.9 Å². The van der Waals surface area contributed by atoms with Crippen LogP contribution in [0.3, 0.4) is 0 Å². The summed E-state index contributed by atoms with van der Waals surface area (Å²) in [5.74, 6) is 0.108. The van der Waals surface area contributed by atoms with Crippen LogP contribution in [-0.4, -0.2) is 17.4 Å². The van der Waals surface area contributed by atoms with Crippen molar-refractivity contribution in [2.45, 2.75) is 33.1 Å². The van der Waals surface area contributed by atoms with Crippen LogP contribution in [0.15, 0.2) is 29.6 Å². The molecule has 2 rings (SSSR count). The first-order valence-corrected chi connectivity index (χ1v) is 7.85. The summed E-state index contributed by atoms with van der Waals surface area (Å²) in [6, 6.07) is 8.36. The first kappa shape index (κ1) is 14.7. The molecule has 20 heavy (non-hydrogen) atoms. The number of thiazole rings is 1. The van der Waals surface area contributed by atoms with Gasteiger partial charge in [0.1, 0.15) is 5.01 Å². The molecule has 4 heteroatoms. The van der Waals surface area contributed by atoms with E-state index in [1.54, 1.807) is 11.3 Å². The van der Waals surface area contributed by atoms with Crippen molar-refractivity contribution in [1.29, 1.82) is 0 Å². The quantitative estimate of drug-likeness (QED) is 0.883. The Morgan fingerprint density at radius 3 is 2.75 bits per heavy atom. The number of hydrogen-bond donors (Lipinski definition) is 1. The molecule has 106 valence electrons. The van der Waals surface area contributed by atoms with Gasteiger partial charge in [0.15, 0.2) is 0 Å². The van der Waals surface area contributed by atoms with Gasteiger partial charge in [0.05, 0.1) is 5.69 Å². The molecular weight excluding hydrogens is 268 g/mol. The van der Waals surface area contributed by atoms with Crippen molar-refractivity contribution in [2.24, 2.45) is 0 Å². The second-order valence-electron chi connectivity index (χ2n) is 4.86. The zero-order valence-corrected chi connectivity index (χ0v) is 12.8. The lowest BCUT2D eigenvalue weighted by Gasteiger charge is -2.01. The SMILES string of the molecule is CCCNC(=O)CCc1csc(-c2ccc(C)cc2)n1. The number of hydrogen-bond acceptors (Lipinski definition) is 3. The Morgan fingerprint density at radius 2 is 2.05 bits per heavy atom. The minimum absolute atomic E-state index is 0.108.